The van der Waals surface area contributed by atoms with Crippen LogP contribution in [0.3, 0.4) is 0 Å². The van der Waals surface area contributed by atoms with Gasteiger partial charge in [-0.2, -0.15) is 0 Å². The first-order chi connectivity index (χ1) is 8.04. The highest BCUT2D eigenvalue weighted by molar-refractivity contribution is 7.80. The number of aromatic nitrogens is 1. The van der Waals surface area contributed by atoms with Crippen LogP contribution < -0.4 is 11.1 Å². The van der Waals surface area contributed by atoms with Crippen molar-refractivity contribution in [2.24, 2.45) is 5.73 Å². The molecular formula is C11H15N3O2S. The van der Waals surface area contributed by atoms with Crippen LogP contribution >= 0.6 is 12.2 Å². The van der Waals surface area contributed by atoms with Gasteiger partial charge in [0.2, 0.25) is 0 Å². The molecule has 0 aliphatic heterocycles. The molecule has 1 atom stereocenters. The van der Waals surface area contributed by atoms with Gasteiger partial charge in [0.15, 0.2) is 0 Å². The molecule has 4 N–H and O–H groups in total. The van der Waals surface area contributed by atoms with Crippen molar-refractivity contribution in [3.63, 3.8) is 0 Å². The molecule has 0 aliphatic rings. The smallest absolute Gasteiger partial charge is 0.255 e. The number of nitrogens with zero attached hydrogens (tertiary/aromatic N) is 1. The standard InChI is InChI=1S/C11H15N3O2S/c1-2-7(5-10(12)17)14-11(16)8-3-4-13-6-9(8)15/h3-4,6-7,15H,2,5H2,1H3,(H2,12,17)(H,14,16). The Morgan fingerprint density at radius 1 is 1.71 bits per heavy atom. The number of carbonyl (C=O) groups is 1. The number of nitrogens with two attached hydrogens (primary N) is 1. The molecule has 0 saturated carbocycles. The fraction of sp³-hybridized carbons (Fsp3) is 0.364. The summed E-state index contributed by atoms with van der Waals surface area (Å²) in [5, 5.41) is 12.2. The Kier molecular flexibility index (Phi) is 4.84. The van der Waals surface area contributed by atoms with Gasteiger partial charge in [-0.15, -0.1) is 0 Å². The molecule has 1 aromatic heterocycles. The lowest BCUT2D eigenvalue weighted by Crippen LogP contribution is -2.37. The molecule has 1 unspecified atom stereocenters. The first-order valence-corrected chi connectivity index (χ1v) is 5.67. The van der Waals surface area contributed by atoms with E-state index < -0.39 is 0 Å². The number of amides is 1. The Bertz CT molecular complexity index is 423. The average Bonchev–Trinajstić information content (AvgIpc) is 2.27. The minimum absolute atomic E-state index is 0.118. The molecule has 1 aromatic rings. The number of thiocarbonyl (C=S) groups is 1. The average molecular weight is 253 g/mol. The zero-order valence-corrected chi connectivity index (χ0v) is 10.3. The second kappa shape index (κ2) is 6.15. The van der Waals surface area contributed by atoms with Crippen molar-refractivity contribution in [1.82, 2.24) is 10.3 Å². The fourth-order valence-corrected chi connectivity index (χ4v) is 1.58. The van der Waals surface area contributed by atoms with Crippen LogP contribution in [-0.2, 0) is 0 Å². The molecule has 17 heavy (non-hydrogen) atoms. The maximum absolute atomic E-state index is 11.8. The highest BCUT2D eigenvalue weighted by atomic mass is 32.1. The molecule has 0 aromatic carbocycles. The molecule has 0 fully saturated rings. The summed E-state index contributed by atoms with van der Waals surface area (Å²) >= 11 is 4.80. The van der Waals surface area contributed by atoms with E-state index in [0.717, 1.165) is 6.42 Å². The zero-order valence-electron chi connectivity index (χ0n) is 9.51. The van der Waals surface area contributed by atoms with Crippen molar-refractivity contribution in [3.8, 4) is 5.75 Å². The van der Waals surface area contributed by atoms with Gasteiger partial charge in [0, 0.05) is 18.7 Å². The molecule has 0 bridgehead atoms. The molecular weight excluding hydrogens is 238 g/mol. The monoisotopic (exact) mass is 253 g/mol. The molecule has 0 radical (unpaired) electrons. The number of rotatable bonds is 5. The Morgan fingerprint density at radius 2 is 2.41 bits per heavy atom. The molecule has 6 heteroatoms. The summed E-state index contributed by atoms with van der Waals surface area (Å²) in [5.41, 5.74) is 5.63. The summed E-state index contributed by atoms with van der Waals surface area (Å²) in [6, 6.07) is 1.34. The van der Waals surface area contributed by atoms with Crippen LogP contribution in [0.2, 0.25) is 0 Å². The number of aromatic hydroxyl groups is 1. The number of hydrogen-bond donors (Lipinski definition) is 3. The molecule has 1 amide bonds. The van der Waals surface area contributed by atoms with E-state index in [0.29, 0.717) is 11.4 Å². The lowest BCUT2D eigenvalue weighted by atomic mass is 10.1. The van der Waals surface area contributed by atoms with Gasteiger partial charge in [-0.25, -0.2) is 0 Å². The van der Waals surface area contributed by atoms with Crippen LogP contribution in [-0.4, -0.2) is 27.0 Å². The van der Waals surface area contributed by atoms with E-state index in [1.54, 1.807) is 0 Å². The number of nitrogens with one attached hydrogen (secondary N) is 1. The van der Waals surface area contributed by atoms with E-state index in [4.69, 9.17) is 18.0 Å². The normalized spacial score (nSPS) is 11.8. The highest BCUT2D eigenvalue weighted by Crippen LogP contribution is 2.14. The van der Waals surface area contributed by atoms with Crippen LogP contribution in [0.1, 0.15) is 30.1 Å². The minimum Gasteiger partial charge on any atom is -0.505 e. The van der Waals surface area contributed by atoms with E-state index >= 15 is 0 Å². The summed E-state index contributed by atoms with van der Waals surface area (Å²) in [6.07, 6.45) is 3.84. The van der Waals surface area contributed by atoms with Crippen LogP contribution in [0.4, 0.5) is 0 Å². The lowest BCUT2D eigenvalue weighted by molar-refractivity contribution is 0.0934. The summed E-state index contributed by atoms with van der Waals surface area (Å²) < 4.78 is 0. The number of carbonyl (C=O) groups excluding carboxylic acids is 1. The predicted octanol–water partition coefficient (Wildman–Crippen LogP) is 0.972. The van der Waals surface area contributed by atoms with Crippen LogP contribution in [0.5, 0.6) is 5.75 Å². The molecule has 5 nitrogen and oxygen atoms in total. The third-order valence-electron chi connectivity index (χ3n) is 2.32. The Hall–Kier alpha value is -1.69. The van der Waals surface area contributed by atoms with Crippen molar-refractivity contribution in [3.05, 3.63) is 24.0 Å². The number of pyridine rings is 1. The van der Waals surface area contributed by atoms with Gasteiger partial charge in [-0.05, 0) is 12.5 Å². The first kappa shape index (κ1) is 13.4. The first-order valence-electron chi connectivity index (χ1n) is 5.26. The van der Waals surface area contributed by atoms with Gasteiger partial charge in [0.25, 0.3) is 5.91 Å². The van der Waals surface area contributed by atoms with Gasteiger partial charge >= 0.3 is 0 Å². The van der Waals surface area contributed by atoms with Crippen molar-refractivity contribution in [2.45, 2.75) is 25.8 Å². The molecule has 1 heterocycles. The SMILES string of the molecule is CCC(CC(N)=S)NC(=O)c1ccncc1O. The van der Waals surface area contributed by atoms with Gasteiger partial charge in [-0.3, -0.25) is 9.78 Å². The van der Waals surface area contributed by atoms with Gasteiger partial charge in [-0.1, -0.05) is 19.1 Å². The summed E-state index contributed by atoms with van der Waals surface area (Å²) in [6.45, 7) is 1.93. The molecule has 0 aliphatic carbocycles. The van der Waals surface area contributed by atoms with Crippen LogP contribution in [0.15, 0.2) is 18.5 Å². The molecule has 0 spiro atoms. The summed E-state index contributed by atoms with van der Waals surface area (Å²) in [7, 11) is 0. The van der Waals surface area contributed by atoms with Crippen molar-refractivity contribution in [1.29, 1.82) is 0 Å². The third kappa shape index (κ3) is 3.99. The maximum atomic E-state index is 11.8. The number of hydrogen-bond acceptors (Lipinski definition) is 4. The molecule has 0 saturated heterocycles. The van der Waals surface area contributed by atoms with Crippen LogP contribution in [0.25, 0.3) is 0 Å². The Morgan fingerprint density at radius 3 is 2.94 bits per heavy atom. The lowest BCUT2D eigenvalue weighted by Gasteiger charge is -2.16. The highest BCUT2D eigenvalue weighted by Gasteiger charge is 2.15. The quantitative estimate of drug-likeness (QED) is 0.681. The van der Waals surface area contributed by atoms with Gasteiger partial charge in [0.1, 0.15) is 5.75 Å². The van der Waals surface area contributed by atoms with E-state index in [9.17, 15) is 9.90 Å². The zero-order chi connectivity index (χ0) is 12.8. The van der Waals surface area contributed by atoms with Crippen molar-refractivity contribution in [2.75, 3.05) is 0 Å². The topological polar surface area (TPSA) is 88.2 Å². The van der Waals surface area contributed by atoms with Crippen molar-refractivity contribution >= 4 is 23.1 Å². The van der Waals surface area contributed by atoms with E-state index in [-0.39, 0.29) is 23.3 Å². The second-order valence-electron chi connectivity index (χ2n) is 3.64. The van der Waals surface area contributed by atoms with E-state index in [2.05, 4.69) is 10.3 Å². The van der Waals surface area contributed by atoms with Gasteiger partial charge < -0.3 is 16.2 Å². The summed E-state index contributed by atoms with van der Waals surface area (Å²) in [5.74, 6) is -0.497. The van der Waals surface area contributed by atoms with Gasteiger partial charge in [0.05, 0.1) is 16.7 Å². The minimum atomic E-state index is -0.354. The molecule has 1 rings (SSSR count). The Labute approximate surface area is 105 Å². The maximum Gasteiger partial charge on any atom is 0.255 e. The molecule has 92 valence electrons. The third-order valence-corrected chi connectivity index (χ3v) is 2.49. The van der Waals surface area contributed by atoms with E-state index in [1.165, 1.54) is 18.5 Å². The van der Waals surface area contributed by atoms with Crippen LogP contribution in [0, 0.1) is 0 Å². The Balaban J connectivity index is 2.71. The largest absolute Gasteiger partial charge is 0.505 e. The van der Waals surface area contributed by atoms with Crippen molar-refractivity contribution < 1.29 is 9.90 Å². The fourth-order valence-electron chi connectivity index (χ4n) is 1.38. The summed E-state index contributed by atoms with van der Waals surface area (Å²) in [4.78, 5) is 15.9. The second-order valence-corrected chi connectivity index (χ2v) is 4.17. The predicted molar refractivity (Wildman–Crippen MR) is 68.8 cm³/mol. The van der Waals surface area contributed by atoms with E-state index in [1.807, 2.05) is 6.92 Å².